The highest BCUT2D eigenvalue weighted by atomic mass is 17.3. The monoisotopic (exact) mass is 492 g/mol. The van der Waals surface area contributed by atoms with E-state index >= 15 is 0 Å². The number of nitro groups is 1. The van der Waals surface area contributed by atoms with Gasteiger partial charge in [0.15, 0.2) is 0 Å². The van der Waals surface area contributed by atoms with Crippen LogP contribution in [0.3, 0.4) is 0 Å². The van der Waals surface area contributed by atoms with Crippen LogP contribution in [0, 0.1) is 27.9 Å². The number of amides is 1. The molecule has 190 valence electrons. The van der Waals surface area contributed by atoms with Gasteiger partial charge >= 0.3 is 6.16 Å². The molecule has 1 heterocycles. The van der Waals surface area contributed by atoms with Crippen molar-refractivity contribution in [1.82, 2.24) is 5.48 Å². The summed E-state index contributed by atoms with van der Waals surface area (Å²) in [5.74, 6) is -1.30. The van der Waals surface area contributed by atoms with Crippen molar-refractivity contribution in [2.24, 2.45) is 17.8 Å². The average Bonchev–Trinajstić information content (AvgIpc) is 3.46. The first-order valence-corrected chi connectivity index (χ1v) is 11.8. The van der Waals surface area contributed by atoms with Crippen LogP contribution < -0.4 is 10.2 Å². The molecule has 0 aromatic heterocycles. The second-order valence-corrected chi connectivity index (χ2v) is 9.81. The number of hydroxylamine groups is 1. The number of ether oxygens (including phenoxy) is 3. The molecule has 1 saturated heterocycles. The fraction of sp³-hybridized carbons (Fsp3) is 0.652. The number of hydrogen-bond donors (Lipinski definition) is 1. The molecule has 4 aliphatic rings. The van der Waals surface area contributed by atoms with Crippen molar-refractivity contribution < 1.29 is 43.3 Å². The van der Waals surface area contributed by atoms with Crippen molar-refractivity contribution in [3.8, 4) is 5.75 Å². The lowest BCUT2D eigenvalue weighted by Crippen LogP contribution is -2.47. The minimum absolute atomic E-state index is 0.0778. The number of nitro benzene ring substituents is 1. The zero-order valence-corrected chi connectivity index (χ0v) is 19.3. The van der Waals surface area contributed by atoms with Crippen LogP contribution in [0.5, 0.6) is 5.75 Å². The molecule has 35 heavy (non-hydrogen) atoms. The highest BCUT2D eigenvalue weighted by Gasteiger charge is 2.66. The third-order valence-electron chi connectivity index (χ3n) is 7.27. The van der Waals surface area contributed by atoms with Gasteiger partial charge in [-0.15, -0.1) is 0 Å². The molecule has 3 aliphatic carbocycles. The Bertz CT molecular complexity index is 987. The van der Waals surface area contributed by atoms with E-state index < -0.39 is 28.8 Å². The van der Waals surface area contributed by atoms with Gasteiger partial charge in [-0.05, 0) is 49.7 Å². The predicted molar refractivity (Wildman–Crippen MR) is 115 cm³/mol. The van der Waals surface area contributed by atoms with E-state index in [-0.39, 0.29) is 29.2 Å². The van der Waals surface area contributed by atoms with Gasteiger partial charge in [0.05, 0.1) is 11.5 Å². The molecular weight excluding hydrogens is 464 g/mol. The summed E-state index contributed by atoms with van der Waals surface area (Å²) >= 11 is 0. The molecule has 6 atom stereocenters. The van der Waals surface area contributed by atoms with Crippen LogP contribution in [0.2, 0.25) is 0 Å². The number of benzene rings is 1. The van der Waals surface area contributed by atoms with Gasteiger partial charge in [-0.25, -0.2) is 10.3 Å². The normalized spacial score (nSPS) is 35.3. The summed E-state index contributed by atoms with van der Waals surface area (Å²) < 4.78 is 17.2. The number of hydrogen-bond acceptors (Lipinski definition) is 10. The zero-order chi connectivity index (χ0) is 24.6. The molecule has 12 nitrogen and oxygen atoms in total. The highest BCUT2D eigenvalue weighted by Crippen LogP contribution is 2.61. The third kappa shape index (κ3) is 4.96. The second kappa shape index (κ2) is 9.34. The Balaban J connectivity index is 1.16. The van der Waals surface area contributed by atoms with Gasteiger partial charge in [0, 0.05) is 44.2 Å². The van der Waals surface area contributed by atoms with Crippen LogP contribution in [0.15, 0.2) is 24.3 Å². The summed E-state index contributed by atoms with van der Waals surface area (Å²) in [6, 6.07) is 5.17. The SMILES string of the molecule is CC(=O)NOCC1CC2CC1C1(C2)OO[C@]2(CCC[C@H](OC(=O)Oc3ccc([N+](=O)[O-])cc3)C2)O1. The van der Waals surface area contributed by atoms with Gasteiger partial charge in [-0.3, -0.25) is 19.7 Å². The number of carbonyl (C=O) groups is 2. The molecule has 3 saturated carbocycles. The summed E-state index contributed by atoms with van der Waals surface area (Å²) in [6.45, 7) is 1.77. The maximum Gasteiger partial charge on any atom is 0.514 e. The molecular formula is C23H28N2O10. The first kappa shape index (κ1) is 23.9. The Hall–Kier alpha value is -2.80. The summed E-state index contributed by atoms with van der Waals surface area (Å²) in [5.41, 5.74) is 2.27. The van der Waals surface area contributed by atoms with E-state index in [0.29, 0.717) is 38.2 Å². The number of rotatable bonds is 6. The average molecular weight is 492 g/mol. The summed E-state index contributed by atoms with van der Waals surface area (Å²) in [5, 5.41) is 10.8. The number of nitrogens with zero attached hydrogens (tertiary/aromatic N) is 1. The first-order valence-electron chi connectivity index (χ1n) is 11.8. The van der Waals surface area contributed by atoms with Gasteiger partial charge in [-0.1, -0.05) is 0 Å². The summed E-state index contributed by atoms with van der Waals surface area (Å²) in [4.78, 5) is 50.7. The summed E-state index contributed by atoms with van der Waals surface area (Å²) in [6.07, 6.45) is 3.49. The van der Waals surface area contributed by atoms with Crippen LogP contribution in [-0.4, -0.2) is 41.3 Å². The van der Waals surface area contributed by atoms with Gasteiger partial charge in [0.2, 0.25) is 17.5 Å². The van der Waals surface area contributed by atoms with Crippen LogP contribution in [0.25, 0.3) is 0 Å². The highest BCUT2D eigenvalue weighted by molar-refractivity contribution is 5.71. The van der Waals surface area contributed by atoms with Crippen LogP contribution in [0.1, 0.15) is 51.9 Å². The van der Waals surface area contributed by atoms with Crippen molar-refractivity contribution in [1.29, 1.82) is 0 Å². The molecule has 0 radical (unpaired) electrons. The zero-order valence-electron chi connectivity index (χ0n) is 19.3. The minimum Gasteiger partial charge on any atom is -0.430 e. The van der Waals surface area contributed by atoms with E-state index in [1.165, 1.54) is 31.2 Å². The first-order chi connectivity index (χ1) is 16.8. The van der Waals surface area contributed by atoms with E-state index in [1.807, 2.05) is 0 Å². The molecule has 4 unspecified atom stereocenters. The van der Waals surface area contributed by atoms with Crippen LogP contribution >= 0.6 is 0 Å². The Kier molecular flexibility index (Phi) is 6.38. The second-order valence-electron chi connectivity index (χ2n) is 9.81. The fourth-order valence-corrected chi connectivity index (χ4v) is 5.95. The van der Waals surface area contributed by atoms with Crippen LogP contribution in [0.4, 0.5) is 10.5 Å². The molecule has 1 aliphatic heterocycles. The van der Waals surface area contributed by atoms with Crippen LogP contribution in [-0.2, 0) is 28.9 Å². The van der Waals surface area contributed by atoms with Crippen molar-refractivity contribution in [3.05, 3.63) is 34.4 Å². The smallest absolute Gasteiger partial charge is 0.430 e. The lowest BCUT2D eigenvalue weighted by atomic mass is 9.84. The van der Waals surface area contributed by atoms with Gasteiger partial charge in [0.25, 0.3) is 5.69 Å². The van der Waals surface area contributed by atoms with E-state index in [4.69, 9.17) is 28.8 Å². The number of fused-ring (bicyclic) bond motifs is 3. The number of carbonyl (C=O) groups excluding carboxylic acids is 2. The third-order valence-corrected chi connectivity index (χ3v) is 7.27. The Labute approximate surface area is 201 Å². The van der Waals surface area contributed by atoms with Gasteiger partial charge in [0.1, 0.15) is 11.9 Å². The van der Waals surface area contributed by atoms with Crippen molar-refractivity contribution in [2.45, 2.75) is 69.5 Å². The lowest BCUT2D eigenvalue weighted by Gasteiger charge is -2.38. The molecule has 5 rings (SSSR count). The number of nitrogens with one attached hydrogen (secondary N) is 1. The minimum atomic E-state index is -1.01. The maximum atomic E-state index is 12.3. The Morgan fingerprint density at radius 1 is 1.20 bits per heavy atom. The largest absolute Gasteiger partial charge is 0.514 e. The van der Waals surface area contributed by atoms with E-state index in [2.05, 4.69) is 5.48 Å². The van der Waals surface area contributed by atoms with Gasteiger partial charge < -0.3 is 14.2 Å². The maximum absolute atomic E-state index is 12.3. The van der Waals surface area contributed by atoms with Crippen molar-refractivity contribution in [2.75, 3.05) is 6.61 Å². The lowest BCUT2D eigenvalue weighted by molar-refractivity contribution is -0.384. The van der Waals surface area contributed by atoms with Gasteiger partial charge in [-0.2, -0.15) is 9.78 Å². The molecule has 4 fully saturated rings. The Morgan fingerprint density at radius 3 is 2.71 bits per heavy atom. The molecule has 1 aromatic rings. The van der Waals surface area contributed by atoms with Crippen molar-refractivity contribution >= 4 is 17.7 Å². The molecule has 12 heteroatoms. The predicted octanol–water partition coefficient (Wildman–Crippen LogP) is 3.54. The van der Waals surface area contributed by atoms with Crippen molar-refractivity contribution in [3.63, 3.8) is 0 Å². The molecule has 1 N–H and O–H groups in total. The van der Waals surface area contributed by atoms with E-state index in [1.54, 1.807) is 0 Å². The molecule has 1 aromatic carbocycles. The molecule has 1 amide bonds. The molecule has 2 bridgehead atoms. The Morgan fingerprint density at radius 2 is 2.00 bits per heavy atom. The van der Waals surface area contributed by atoms with E-state index in [9.17, 15) is 19.7 Å². The quantitative estimate of drug-likeness (QED) is 0.206. The van der Waals surface area contributed by atoms with E-state index in [0.717, 1.165) is 19.3 Å². The topological polar surface area (TPSA) is 145 Å². The number of non-ortho nitro benzene ring substituents is 1. The fourth-order valence-electron chi connectivity index (χ4n) is 5.95. The summed E-state index contributed by atoms with van der Waals surface area (Å²) in [7, 11) is 0. The standard InChI is InChI=1S/C23H28N2O10/c1-14(26)24-30-13-16-9-15-10-20(16)23(11-15)33-22(34-35-23)8-2-3-19(12-22)32-21(27)31-18-6-4-17(5-7-18)25(28)29/h4-7,15-16,19-20H,2-3,8-13H2,1H3,(H,24,26)/t15?,16?,19-,20?,22-,23?/m0/s1. The molecule has 2 spiro atoms.